The van der Waals surface area contributed by atoms with E-state index in [1.165, 1.54) is 12.8 Å². The monoisotopic (exact) mass is 338 g/mol. The van der Waals surface area contributed by atoms with E-state index in [-0.39, 0.29) is 5.75 Å². The third kappa shape index (κ3) is 4.32. The summed E-state index contributed by atoms with van der Waals surface area (Å²) in [5.41, 5.74) is 0. The number of ether oxygens (including phenoxy) is 1. The van der Waals surface area contributed by atoms with Crippen molar-refractivity contribution in [2.75, 3.05) is 32.1 Å². The predicted octanol–water partition coefficient (Wildman–Crippen LogP) is 1.21. The van der Waals surface area contributed by atoms with Crippen molar-refractivity contribution < 1.29 is 13.2 Å². The van der Waals surface area contributed by atoms with E-state index in [9.17, 15) is 8.42 Å². The molecular weight excluding hydrogens is 312 g/mol. The van der Waals surface area contributed by atoms with Gasteiger partial charge in [0.1, 0.15) is 0 Å². The van der Waals surface area contributed by atoms with Crippen LogP contribution in [0.15, 0.2) is 35.2 Å². The number of rotatable bonds is 6. The summed E-state index contributed by atoms with van der Waals surface area (Å²) in [7, 11) is -3.20. The highest BCUT2D eigenvalue weighted by molar-refractivity contribution is 7.91. The van der Waals surface area contributed by atoms with Gasteiger partial charge in [-0.25, -0.2) is 8.42 Å². The minimum Gasteiger partial charge on any atom is -0.379 e. The maximum absolute atomic E-state index is 12.3. The molecule has 3 rings (SSSR count). The van der Waals surface area contributed by atoms with Gasteiger partial charge in [0, 0.05) is 25.2 Å². The van der Waals surface area contributed by atoms with Crippen molar-refractivity contribution in [1.82, 2.24) is 10.6 Å². The highest BCUT2D eigenvalue weighted by Crippen LogP contribution is 2.29. The van der Waals surface area contributed by atoms with E-state index in [4.69, 9.17) is 4.74 Å². The molecule has 1 aromatic rings. The van der Waals surface area contributed by atoms with Gasteiger partial charge in [0.15, 0.2) is 9.84 Å². The van der Waals surface area contributed by atoms with Gasteiger partial charge in [-0.2, -0.15) is 0 Å². The molecular formula is C17H26N2O3S. The van der Waals surface area contributed by atoms with Crippen LogP contribution in [0.4, 0.5) is 0 Å². The predicted molar refractivity (Wildman–Crippen MR) is 90.2 cm³/mol. The highest BCUT2D eigenvalue weighted by Gasteiger charge is 2.34. The van der Waals surface area contributed by atoms with Crippen LogP contribution in [0.5, 0.6) is 0 Å². The quantitative estimate of drug-likeness (QED) is 0.816. The Morgan fingerprint density at radius 3 is 2.78 bits per heavy atom. The molecule has 2 N–H and O–H groups in total. The van der Waals surface area contributed by atoms with Crippen molar-refractivity contribution >= 4 is 9.84 Å². The fraction of sp³-hybridized carbons (Fsp3) is 0.647. The lowest BCUT2D eigenvalue weighted by Gasteiger charge is -2.33. The van der Waals surface area contributed by atoms with Gasteiger partial charge in [-0.05, 0) is 30.9 Å². The highest BCUT2D eigenvalue weighted by atomic mass is 32.2. The average Bonchev–Trinajstić information content (AvgIpc) is 3.05. The first kappa shape index (κ1) is 16.9. The van der Waals surface area contributed by atoms with Crippen molar-refractivity contribution in [2.45, 2.75) is 36.2 Å². The second kappa shape index (κ2) is 7.75. The molecule has 1 aliphatic heterocycles. The van der Waals surface area contributed by atoms with Gasteiger partial charge in [0.05, 0.1) is 23.9 Å². The topological polar surface area (TPSA) is 67.4 Å². The molecule has 1 heterocycles. The molecule has 0 spiro atoms. The van der Waals surface area contributed by atoms with Gasteiger partial charge in [-0.15, -0.1) is 0 Å². The summed E-state index contributed by atoms with van der Waals surface area (Å²) < 4.78 is 30.2. The largest absolute Gasteiger partial charge is 0.379 e. The molecule has 5 nitrogen and oxygen atoms in total. The Morgan fingerprint density at radius 1 is 1.22 bits per heavy atom. The van der Waals surface area contributed by atoms with Gasteiger partial charge in [-0.1, -0.05) is 24.6 Å². The lowest BCUT2D eigenvalue weighted by molar-refractivity contribution is 0.0527. The summed E-state index contributed by atoms with van der Waals surface area (Å²) in [6, 6.07) is 9.48. The van der Waals surface area contributed by atoms with Gasteiger partial charge < -0.3 is 15.4 Å². The molecule has 2 aliphatic rings. The first-order chi connectivity index (χ1) is 11.2. The summed E-state index contributed by atoms with van der Waals surface area (Å²) in [5, 5.41) is 7.02. The normalized spacial score (nSPS) is 28.8. The molecule has 1 aliphatic carbocycles. The van der Waals surface area contributed by atoms with E-state index in [2.05, 4.69) is 10.6 Å². The third-order valence-electron chi connectivity index (χ3n) is 4.92. The molecule has 0 aromatic heterocycles. The van der Waals surface area contributed by atoms with E-state index in [0.29, 0.717) is 29.4 Å². The Hall–Kier alpha value is -0.950. The molecule has 1 saturated heterocycles. The van der Waals surface area contributed by atoms with Crippen molar-refractivity contribution in [3.8, 4) is 0 Å². The van der Waals surface area contributed by atoms with E-state index >= 15 is 0 Å². The van der Waals surface area contributed by atoms with E-state index < -0.39 is 9.84 Å². The Bertz CT molecular complexity index is 585. The maximum atomic E-state index is 12.3. The lowest BCUT2D eigenvalue weighted by atomic mass is 9.94. The second-order valence-electron chi connectivity index (χ2n) is 6.42. The van der Waals surface area contributed by atoms with Crippen LogP contribution in [0.25, 0.3) is 0 Å². The number of morpholine rings is 1. The number of nitrogens with one attached hydrogen (secondary N) is 2. The molecule has 128 valence electrons. The van der Waals surface area contributed by atoms with Crippen molar-refractivity contribution in [3.63, 3.8) is 0 Å². The van der Waals surface area contributed by atoms with Gasteiger partial charge >= 0.3 is 0 Å². The number of sulfone groups is 1. The maximum Gasteiger partial charge on any atom is 0.179 e. The number of hydrogen-bond acceptors (Lipinski definition) is 5. The molecule has 1 saturated carbocycles. The van der Waals surface area contributed by atoms with Crippen molar-refractivity contribution in [3.05, 3.63) is 30.3 Å². The summed E-state index contributed by atoms with van der Waals surface area (Å²) in [4.78, 5) is 0.409. The molecule has 0 bridgehead atoms. The van der Waals surface area contributed by atoms with Crippen LogP contribution in [0.1, 0.15) is 19.3 Å². The Balaban J connectivity index is 1.51. The van der Waals surface area contributed by atoms with Crippen LogP contribution in [0.3, 0.4) is 0 Å². The lowest BCUT2D eigenvalue weighted by Crippen LogP contribution is -2.51. The molecule has 1 aromatic carbocycles. The minimum absolute atomic E-state index is 0.148. The van der Waals surface area contributed by atoms with Crippen LogP contribution in [-0.2, 0) is 14.6 Å². The molecule has 0 radical (unpaired) electrons. The van der Waals surface area contributed by atoms with Crippen LogP contribution < -0.4 is 10.6 Å². The Kier molecular flexibility index (Phi) is 5.69. The molecule has 2 fully saturated rings. The molecule has 0 amide bonds. The minimum atomic E-state index is -3.20. The number of hydrogen-bond donors (Lipinski definition) is 2. The summed E-state index contributed by atoms with van der Waals surface area (Å²) in [5.74, 6) is 0.684. The summed E-state index contributed by atoms with van der Waals surface area (Å²) in [6.45, 7) is 2.98. The smallest absolute Gasteiger partial charge is 0.179 e. The summed E-state index contributed by atoms with van der Waals surface area (Å²) in [6.07, 6.45) is 3.50. The van der Waals surface area contributed by atoms with E-state index in [1.54, 1.807) is 24.3 Å². The third-order valence-corrected chi connectivity index (χ3v) is 6.65. The standard InChI is InChI=1S/C17H26N2O3S/c20-23(21,14-5-2-1-3-6-14)12-10-19-16-8-4-7-15(16)17-13-22-11-9-18-17/h1-3,5-6,15-19H,4,7-13H2. The SMILES string of the molecule is O=S(=O)(CCNC1CCCC1C1COCCN1)c1ccccc1. The zero-order valence-corrected chi connectivity index (χ0v) is 14.2. The van der Waals surface area contributed by atoms with Gasteiger partial charge in [0.2, 0.25) is 0 Å². The Labute approximate surface area is 138 Å². The second-order valence-corrected chi connectivity index (χ2v) is 8.53. The van der Waals surface area contributed by atoms with Crippen LogP contribution in [0.2, 0.25) is 0 Å². The zero-order valence-electron chi connectivity index (χ0n) is 13.4. The first-order valence-electron chi connectivity index (χ1n) is 8.49. The van der Waals surface area contributed by atoms with Crippen LogP contribution in [-0.4, -0.2) is 52.6 Å². The fourth-order valence-corrected chi connectivity index (χ4v) is 4.90. The fourth-order valence-electron chi connectivity index (χ4n) is 3.71. The average molecular weight is 338 g/mol. The van der Waals surface area contributed by atoms with E-state index in [0.717, 1.165) is 26.2 Å². The van der Waals surface area contributed by atoms with Crippen molar-refractivity contribution in [1.29, 1.82) is 0 Å². The van der Waals surface area contributed by atoms with Gasteiger partial charge in [-0.3, -0.25) is 0 Å². The molecule has 3 unspecified atom stereocenters. The molecule has 23 heavy (non-hydrogen) atoms. The van der Waals surface area contributed by atoms with Gasteiger partial charge in [0.25, 0.3) is 0 Å². The zero-order chi connectivity index (χ0) is 16.1. The van der Waals surface area contributed by atoms with E-state index in [1.807, 2.05) is 6.07 Å². The first-order valence-corrected chi connectivity index (χ1v) is 10.1. The van der Waals surface area contributed by atoms with Crippen molar-refractivity contribution in [2.24, 2.45) is 5.92 Å². The van der Waals surface area contributed by atoms with Crippen LogP contribution in [0, 0.1) is 5.92 Å². The molecule has 3 atom stereocenters. The Morgan fingerprint density at radius 2 is 2.04 bits per heavy atom. The number of benzene rings is 1. The van der Waals surface area contributed by atoms with Crippen LogP contribution >= 0.6 is 0 Å². The summed E-state index contributed by atoms with van der Waals surface area (Å²) >= 11 is 0. The molecule has 6 heteroatoms.